The van der Waals surface area contributed by atoms with Crippen molar-refractivity contribution >= 4 is 19.6 Å². The number of carbonyl (C=O) groups excluding carboxylic acids is 2. The van der Waals surface area contributed by atoms with Crippen molar-refractivity contribution in [1.82, 2.24) is 9.99 Å². The largest absolute Gasteiger partial charge is 0.445 e. The van der Waals surface area contributed by atoms with Crippen LogP contribution in [0.3, 0.4) is 0 Å². The van der Waals surface area contributed by atoms with Gasteiger partial charge in [-0.1, -0.05) is 24.3 Å². The summed E-state index contributed by atoms with van der Waals surface area (Å²) in [7, 11) is -3.66. The second-order valence-corrected chi connectivity index (χ2v) is 7.30. The molecule has 1 aliphatic heterocycles. The summed E-state index contributed by atoms with van der Waals surface area (Å²) >= 11 is 0. The van der Waals surface area contributed by atoms with E-state index < -0.39 is 25.6 Å². The summed E-state index contributed by atoms with van der Waals surface area (Å²) in [6.07, 6.45) is 0.263. The molecule has 0 saturated carbocycles. The lowest BCUT2D eigenvalue weighted by Crippen LogP contribution is -2.52. The summed E-state index contributed by atoms with van der Waals surface area (Å²) < 4.78 is 17.7. The van der Waals surface area contributed by atoms with E-state index in [0.717, 1.165) is 15.8 Å². The Balaban J connectivity index is 1.91. The van der Waals surface area contributed by atoms with Crippen molar-refractivity contribution in [3.05, 3.63) is 35.4 Å². The fourth-order valence-corrected chi connectivity index (χ4v) is 3.30. The molecule has 2 amide bonds. The van der Waals surface area contributed by atoms with E-state index in [2.05, 4.69) is 5.32 Å². The molecule has 0 unspecified atom stereocenters. The van der Waals surface area contributed by atoms with E-state index in [-0.39, 0.29) is 13.2 Å². The van der Waals surface area contributed by atoms with Crippen molar-refractivity contribution in [3.8, 4) is 0 Å². The first-order valence-electron chi connectivity index (χ1n) is 7.26. The second-order valence-electron chi connectivity index (χ2n) is 5.48. The standard InChI is InChI=1S/C14H21N4O4P/c1-10-5-2-3-6-11(10)9-22-14(20)17-12-7-4-8-18(13(12)19)23(15,16)21/h2-3,5-6,12H,4,7-9H2,1H3,(H,17,20)(H4,15,16,21)/t12-/m0/s1. The number of rotatable bonds is 4. The number of amides is 2. The first-order valence-corrected chi connectivity index (χ1v) is 9.05. The van der Waals surface area contributed by atoms with Crippen LogP contribution in [-0.2, 0) is 20.7 Å². The van der Waals surface area contributed by atoms with Crippen molar-refractivity contribution in [2.45, 2.75) is 32.4 Å². The van der Waals surface area contributed by atoms with Crippen LogP contribution in [0, 0.1) is 6.92 Å². The minimum atomic E-state index is -3.66. The lowest BCUT2D eigenvalue weighted by Gasteiger charge is -2.33. The first-order chi connectivity index (χ1) is 10.8. The topological polar surface area (TPSA) is 128 Å². The van der Waals surface area contributed by atoms with Gasteiger partial charge in [0.1, 0.15) is 12.6 Å². The second kappa shape index (κ2) is 7.12. The summed E-state index contributed by atoms with van der Waals surface area (Å²) in [4.78, 5) is 24.0. The maximum absolute atomic E-state index is 12.2. The molecule has 5 N–H and O–H groups in total. The Morgan fingerprint density at radius 1 is 1.43 bits per heavy atom. The van der Waals surface area contributed by atoms with Crippen molar-refractivity contribution in [2.24, 2.45) is 11.0 Å². The van der Waals surface area contributed by atoms with E-state index in [1.54, 1.807) is 0 Å². The lowest BCUT2D eigenvalue weighted by atomic mass is 10.1. The van der Waals surface area contributed by atoms with Gasteiger partial charge < -0.3 is 10.1 Å². The molecule has 8 nitrogen and oxygen atoms in total. The summed E-state index contributed by atoms with van der Waals surface area (Å²) in [5.74, 6) is -0.544. The Morgan fingerprint density at radius 2 is 2.13 bits per heavy atom. The zero-order valence-electron chi connectivity index (χ0n) is 12.9. The zero-order valence-corrected chi connectivity index (χ0v) is 13.8. The third-order valence-electron chi connectivity index (χ3n) is 3.70. The van der Waals surface area contributed by atoms with Gasteiger partial charge in [-0.05, 0) is 30.9 Å². The molecule has 1 saturated heterocycles. The molecule has 1 heterocycles. The van der Waals surface area contributed by atoms with Gasteiger partial charge in [0.05, 0.1) is 0 Å². The van der Waals surface area contributed by atoms with E-state index in [9.17, 15) is 14.2 Å². The van der Waals surface area contributed by atoms with Crippen molar-refractivity contribution in [1.29, 1.82) is 0 Å². The highest BCUT2D eigenvalue weighted by Crippen LogP contribution is 2.35. The summed E-state index contributed by atoms with van der Waals surface area (Å²) in [5.41, 5.74) is 12.6. The maximum atomic E-state index is 12.2. The minimum absolute atomic E-state index is 0.107. The van der Waals surface area contributed by atoms with Gasteiger partial charge in [-0.3, -0.25) is 25.0 Å². The van der Waals surface area contributed by atoms with Crippen LogP contribution in [0.25, 0.3) is 0 Å². The molecule has 0 spiro atoms. The summed E-state index contributed by atoms with van der Waals surface area (Å²) in [6.45, 7) is 2.24. The number of hydrogen-bond acceptors (Lipinski definition) is 4. The average molecular weight is 340 g/mol. The lowest BCUT2D eigenvalue weighted by molar-refractivity contribution is -0.130. The molecule has 0 aromatic heterocycles. The number of nitrogens with zero attached hydrogens (tertiary/aromatic N) is 1. The van der Waals surface area contributed by atoms with Crippen LogP contribution in [0.2, 0.25) is 0 Å². The summed E-state index contributed by atoms with van der Waals surface area (Å²) in [5, 5.41) is 2.48. The van der Waals surface area contributed by atoms with Crippen LogP contribution >= 0.6 is 7.59 Å². The number of aryl methyl sites for hydroxylation is 1. The maximum Gasteiger partial charge on any atom is 0.408 e. The number of nitrogens with two attached hydrogens (primary N) is 2. The van der Waals surface area contributed by atoms with Gasteiger partial charge in [0.2, 0.25) is 0 Å². The van der Waals surface area contributed by atoms with Gasteiger partial charge in [0.15, 0.2) is 0 Å². The first kappa shape index (κ1) is 17.5. The predicted octanol–water partition coefficient (Wildman–Crippen LogP) is 1.24. The molecular formula is C14H21N4O4P. The molecule has 1 aromatic rings. The molecule has 0 bridgehead atoms. The van der Waals surface area contributed by atoms with Crippen LogP contribution < -0.4 is 16.3 Å². The van der Waals surface area contributed by atoms with Crippen LogP contribution in [0.1, 0.15) is 24.0 Å². The average Bonchev–Trinajstić information content (AvgIpc) is 2.47. The Bertz CT molecular complexity index is 645. The van der Waals surface area contributed by atoms with Gasteiger partial charge in [0.25, 0.3) is 5.91 Å². The monoisotopic (exact) mass is 340 g/mol. The van der Waals surface area contributed by atoms with Crippen molar-refractivity contribution in [3.63, 3.8) is 0 Å². The Morgan fingerprint density at radius 3 is 2.78 bits per heavy atom. The van der Waals surface area contributed by atoms with Crippen molar-refractivity contribution < 1.29 is 18.9 Å². The molecule has 126 valence electrons. The zero-order chi connectivity index (χ0) is 17.0. The molecule has 9 heteroatoms. The molecular weight excluding hydrogens is 319 g/mol. The van der Waals surface area contributed by atoms with Gasteiger partial charge >= 0.3 is 13.7 Å². The molecule has 1 aromatic carbocycles. The third kappa shape index (κ3) is 4.54. The Kier molecular flexibility index (Phi) is 5.41. The number of piperidine rings is 1. The molecule has 1 atom stereocenters. The fraction of sp³-hybridized carbons (Fsp3) is 0.429. The van der Waals surface area contributed by atoms with Crippen LogP contribution in [0.5, 0.6) is 0 Å². The normalized spacial score (nSPS) is 18.7. The number of benzene rings is 1. The highest BCUT2D eigenvalue weighted by molar-refractivity contribution is 7.57. The molecule has 1 aliphatic rings. The molecule has 0 radical (unpaired) electrons. The highest BCUT2D eigenvalue weighted by Gasteiger charge is 2.36. The number of alkyl carbamates (subject to hydrolysis) is 1. The van der Waals surface area contributed by atoms with E-state index in [1.165, 1.54) is 0 Å². The minimum Gasteiger partial charge on any atom is -0.445 e. The highest BCUT2D eigenvalue weighted by atomic mass is 31.2. The van der Waals surface area contributed by atoms with Crippen LogP contribution in [-0.4, -0.2) is 29.3 Å². The fourth-order valence-electron chi connectivity index (χ4n) is 2.40. The molecule has 1 fully saturated rings. The van der Waals surface area contributed by atoms with Gasteiger partial charge in [-0.2, -0.15) is 0 Å². The summed E-state index contributed by atoms with van der Waals surface area (Å²) in [6, 6.07) is 6.70. The van der Waals surface area contributed by atoms with E-state index >= 15 is 0 Å². The van der Waals surface area contributed by atoms with Crippen LogP contribution in [0.15, 0.2) is 24.3 Å². The van der Waals surface area contributed by atoms with Crippen LogP contribution in [0.4, 0.5) is 4.79 Å². The van der Waals surface area contributed by atoms with E-state index in [4.69, 9.17) is 15.7 Å². The van der Waals surface area contributed by atoms with Crippen molar-refractivity contribution in [2.75, 3.05) is 6.54 Å². The number of ether oxygens (including phenoxy) is 1. The molecule has 2 rings (SSSR count). The quantitative estimate of drug-likeness (QED) is 0.708. The SMILES string of the molecule is Cc1ccccc1COC(=O)N[C@H]1CCCN(P(N)(N)=O)C1=O. The molecule has 0 aliphatic carbocycles. The van der Waals surface area contributed by atoms with Gasteiger partial charge in [-0.15, -0.1) is 0 Å². The smallest absolute Gasteiger partial charge is 0.408 e. The van der Waals surface area contributed by atoms with E-state index in [0.29, 0.717) is 12.8 Å². The van der Waals surface area contributed by atoms with E-state index in [1.807, 2.05) is 31.2 Å². The third-order valence-corrected chi connectivity index (χ3v) is 4.86. The van der Waals surface area contributed by atoms with Gasteiger partial charge in [-0.25, -0.2) is 4.79 Å². The Labute approximate surface area is 134 Å². The van der Waals surface area contributed by atoms with Gasteiger partial charge in [0, 0.05) is 6.54 Å². The predicted molar refractivity (Wildman–Crippen MR) is 85.2 cm³/mol. The number of hydrogen-bond donors (Lipinski definition) is 3. The number of carbonyl (C=O) groups is 2. The Hall–Kier alpha value is -1.89. The molecule has 23 heavy (non-hydrogen) atoms. The number of nitrogens with one attached hydrogen (secondary N) is 1.